The van der Waals surface area contributed by atoms with Gasteiger partial charge in [-0.25, -0.2) is 13.6 Å². The van der Waals surface area contributed by atoms with Gasteiger partial charge in [-0.1, -0.05) is 0 Å². The summed E-state index contributed by atoms with van der Waals surface area (Å²) in [4.78, 5) is 11.2. The van der Waals surface area contributed by atoms with Crippen LogP contribution >= 0.6 is 0 Å². The normalized spacial score (nSPS) is 19.2. The van der Waals surface area contributed by atoms with Gasteiger partial charge in [0.1, 0.15) is 6.10 Å². The van der Waals surface area contributed by atoms with Crippen molar-refractivity contribution in [3.8, 4) is 0 Å². The van der Waals surface area contributed by atoms with Crippen molar-refractivity contribution >= 4 is 6.09 Å². The minimum atomic E-state index is -2.40. The van der Waals surface area contributed by atoms with Gasteiger partial charge in [0, 0.05) is 12.5 Å². The Morgan fingerprint density at radius 1 is 1.47 bits per heavy atom. The second kappa shape index (κ2) is 5.88. The van der Waals surface area contributed by atoms with E-state index in [4.69, 9.17) is 4.74 Å². The molecule has 1 saturated carbocycles. The number of halogens is 2. The summed E-state index contributed by atoms with van der Waals surface area (Å²) in [5, 5.41) is 2.40. The summed E-state index contributed by atoms with van der Waals surface area (Å²) in [6.45, 7) is 1.54. The number of alkyl carbamates (subject to hydrolysis) is 1. The van der Waals surface area contributed by atoms with Crippen LogP contribution in [-0.4, -0.2) is 24.7 Å². The molecule has 1 aliphatic carbocycles. The van der Waals surface area contributed by atoms with Crippen LogP contribution in [0.5, 0.6) is 0 Å². The van der Waals surface area contributed by atoms with Crippen LogP contribution in [0.2, 0.25) is 0 Å². The van der Waals surface area contributed by atoms with Crippen molar-refractivity contribution in [2.45, 2.75) is 57.6 Å². The molecule has 3 nitrogen and oxygen atoms in total. The number of ether oxygens (including phenoxy) is 1. The number of carbonyl (C=O) groups is 1. The van der Waals surface area contributed by atoms with Gasteiger partial charge in [-0.05, 0) is 32.6 Å². The van der Waals surface area contributed by atoms with E-state index < -0.39 is 18.6 Å². The van der Waals surface area contributed by atoms with Gasteiger partial charge in [0.25, 0.3) is 0 Å². The van der Waals surface area contributed by atoms with Crippen LogP contribution in [0.25, 0.3) is 0 Å². The number of rotatable bonds is 4. The predicted molar refractivity (Wildman–Crippen MR) is 52.0 cm³/mol. The Morgan fingerprint density at radius 2 is 2.07 bits per heavy atom. The average molecular weight is 221 g/mol. The summed E-state index contributed by atoms with van der Waals surface area (Å²) in [7, 11) is 0. The van der Waals surface area contributed by atoms with Gasteiger partial charge in [-0.15, -0.1) is 0 Å². The van der Waals surface area contributed by atoms with E-state index in [1.807, 2.05) is 0 Å². The number of nitrogens with one attached hydrogen (secondary N) is 1. The lowest BCUT2D eigenvalue weighted by molar-refractivity contribution is 0.0901. The van der Waals surface area contributed by atoms with E-state index in [1.165, 1.54) is 0 Å². The first-order valence-corrected chi connectivity index (χ1v) is 5.33. The highest BCUT2D eigenvalue weighted by atomic mass is 19.3. The first kappa shape index (κ1) is 12.2. The molecule has 1 aliphatic rings. The Balaban J connectivity index is 2.16. The molecule has 0 aromatic rings. The summed E-state index contributed by atoms with van der Waals surface area (Å²) < 4.78 is 29.0. The first-order valence-electron chi connectivity index (χ1n) is 5.33. The first-order chi connectivity index (χ1) is 7.08. The molecule has 1 N–H and O–H groups in total. The van der Waals surface area contributed by atoms with Crippen molar-refractivity contribution in [1.29, 1.82) is 0 Å². The van der Waals surface area contributed by atoms with Gasteiger partial charge in [-0.2, -0.15) is 0 Å². The quantitative estimate of drug-likeness (QED) is 0.792. The van der Waals surface area contributed by atoms with Gasteiger partial charge < -0.3 is 10.1 Å². The molecule has 1 atom stereocenters. The maximum Gasteiger partial charge on any atom is 0.407 e. The summed E-state index contributed by atoms with van der Waals surface area (Å²) in [5.41, 5.74) is 0. The second-order valence-corrected chi connectivity index (χ2v) is 3.98. The fourth-order valence-corrected chi connectivity index (χ4v) is 1.72. The van der Waals surface area contributed by atoms with Gasteiger partial charge in [0.15, 0.2) is 0 Å². The van der Waals surface area contributed by atoms with Crippen molar-refractivity contribution in [3.63, 3.8) is 0 Å². The second-order valence-electron chi connectivity index (χ2n) is 3.98. The third-order valence-corrected chi connectivity index (χ3v) is 2.47. The molecule has 5 heteroatoms. The molecular formula is C10H17F2NO2. The molecular weight excluding hydrogens is 204 g/mol. The number of hydrogen-bond acceptors (Lipinski definition) is 2. The molecule has 0 aromatic heterocycles. The molecule has 1 fully saturated rings. The van der Waals surface area contributed by atoms with Crippen LogP contribution in [0.1, 0.15) is 39.0 Å². The third kappa shape index (κ3) is 4.95. The molecule has 15 heavy (non-hydrogen) atoms. The lowest BCUT2D eigenvalue weighted by Gasteiger charge is -2.16. The van der Waals surface area contributed by atoms with E-state index in [9.17, 15) is 13.6 Å². The fraction of sp³-hybridized carbons (Fsp3) is 0.900. The zero-order valence-electron chi connectivity index (χ0n) is 8.84. The standard InChI is InChI=1S/C10H17F2NO2/c1-7(6-9(11)12)13-10(14)15-8-4-2-3-5-8/h7-9H,2-6H2,1H3,(H,13,14). The third-order valence-electron chi connectivity index (χ3n) is 2.47. The minimum Gasteiger partial charge on any atom is -0.446 e. The summed E-state index contributed by atoms with van der Waals surface area (Å²) in [6.07, 6.45) is 0.591. The van der Waals surface area contributed by atoms with Crippen LogP contribution in [-0.2, 0) is 4.74 Å². The average Bonchev–Trinajstić information content (AvgIpc) is 2.53. The Morgan fingerprint density at radius 3 is 2.60 bits per heavy atom. The monoisotopic (exact) mass is 221 g/mol. The number of alkyl halides is 2. The zero-order valence-corrected chi connectivity index (χ0v) is 8.84. The molecule has 1 unspecified atom stereocenters. The Hall–Kier alpha value is -0.870. The number of hydrogen-bond donors (Lipinski definition) is 1. The Kier molecular flexibility index (Phi) is 4.78. The summed E-state index contributed by atoms with van der Waals surface area (Å²) >= 11 is 0. The molecule has 1 amide bonds. The Bertz CT molecular complexity index is 206. The molecule has 0 radical (unpaired) electrons. The highest BCUT2D eigenvalue weighted by Crippen LogP contribution is 2.20. The van der Waals surface area contributed by atoms with Crippen molar-refractivity contribution in [2.75, 3.05) is 0 Å². The number of carbonyl (C=O) groups excluding carboxylic acids is 1. The summed E-state index contributed by atoms with van der Waals surface area (Å²) in [5.74, 6) is 0. The SMILES string of the molecule is CC(CC(F)F)NC(=O)OC1CCCC1. The van der Waals surface area contributed by atoms with E-state index in [0.717, 1.165) is 25.7 Å². The van der Waals surface area contributed by atoms with E-state index in [2.05, 4.69) is 5.32 Å². The maximum atomic E-state index is 11.9. The minimum absolute atomic E-state index is 0.0243. The van der Waals surface area contributed by atoms with Crippen molar-refractivity contribution in [2.24, 2.45) is 0 Å². The van der Waals surface area contributed by atoms with Crippen LogP contribution in [0, 0.1) is 0 Å². The van der Waals surface area contributed by atoms with E-state index in [0.29, 0.717) is 0 Å². The van der Waals surface area contributed by atoms with E-state index in [-0.39, 0.29) is 12.5 Å². The maximum absolute atomic E-state index is 11.9. The molecule has 0 saturated heterocycles. The highest BCUT2D eigenvalue weighted by Gasteiger charge is 2.20. The van der Waals surface area contributed by atoms with Crippen molar-refractivity contribution in [1.82, 2.24) is 5.32 Å². The van der Waals surface area contributed by atoms with Crippen LogP contribution < -0.4 is 5.32 Å². The molecule has 0 aliphatic heterocycles. The lowest BCUT2D eigenvalue weighted by Crippen LogP contribution is -2.36. The predicted octanol–water partition coefficient (Wildman–Crippen LogP) is 2.70. The van der Waals surface area contributed by atoms with Gasteiger partial charge in [0.2, 0.25) is 6.43 Å². The van der Waals surface area contributed by atoms with Gasteiger partial charge in [-0.3, -0.25) is 0 Å². The summed E-state index contributed by atoms with van der Waals surface area (Å²) in [6, 6.07) is -0.543. The van der Waals surface area contributed by atoms with E-state index >= 15 is 0 Å². The lowest BCUT2D eigenvalue weighted by atomic mass is 10.2. The Labute approximate surface area is 88.2 Å². The fourth-order valence-electron chi connectivity index (χ4n) is 1.72. The van der Waals surface area contributed by atoms with Gasteiger partial charge >= 0.3 is 6.09 Å². The largest absolute Gasteiger partial charge is 0.446 e. The molecule has 0 spiro atoms. The molecule has 88 valence electrons. The molecule has 0 heterocycles. The topological polar surface area (TPSA) is 38.3 Å². The van der Waals surface area contributed by atoms with Crippen LogP contribution in [0.15, 0.2) is 0 Å². The number of amides is 1. The van der Waals surface area contributed by atoms with Crippen molar-refractivity contribution in [3.05, 3.63) is 0 Å². The smallest absolute Gasteiger partial charge is 0.407 e. The molecule has 0 bridgehead atoms. The van der Waals surface area contributed by atoms with Crippen LogP contribution in [0.4, 0.5) is 13.6 Å². The molecule has 0 aromatic carbocycles. The van der Waals surface area contributed by atoms with E-state index in [1.54, 1.807) is 6.92 Å². The molecule has 1 rings (SSSR count). The van der Waals surface area contributed by atoms with Crippen molar-refractivity contribution < 1.29 is 18.3 Å². The highest BCUT2D eigenvalue weighted by molar-refractivity contribution is 5.67. The van der Waals surface area contributed by atoms with Gasteiger partial charge in [0.05, 0.1) is 0 Å². The zero-order chi connectivity index (χ0) is 11.3. The van der Waals surface area contributed by atoms with Crippen LogP contribution in [0.3, 0.4) is 0 Å².